The molecule has 0 spiro atoms. The average Bonchev–Trinajstić information content (AvgIpc) is 2.28. The number of ether oxygens (including phenoxy) is 2. The Bertz CT molecular complexity index is 318. The minimum Gasteiger partial charge on any atom is -0.465 e. The van der Waals surface area contributed by atoms with Gasteiger partial charge < -0.3 is 9.47 Å². The molecule has 0 aromatic carbocycles. The van der Waals surface area contributed by atoms with Crippen LogP contribution in [-0.4, -0.2) is 25.2 Å². The van der Waals surface area contributed by atoms with Crippen LogP contribution in [-0.2, 0) is 19.1 Å². The molecule has 0 aliphatic heterocycles. The second-order valence-corrected chi connectivity index (χ2v) is 5.27. The Morgan fingerprint density at radius 1 is 1.05 bits per heavy atom. The Hall–Kier alpha value is -0.740. The lowest BCUT2D eigenvalue weighted by Gasteiger charge is -2.24. The van der Waals surface area contributed by atoms with Crippen LogP contribution in [0.15, 0.2) is 10.6 Å². The number of hydrogen-bond donors (Lipinski definition) is 0. The van der Waals surface area contributed by atoms with Gasteiger partial charge in [0.2, 0.25) is 0 Å². The molecule has 1 atom stereocenters. The minimum atomic E-state index is -1.05. The topological polar surface area (TPSA) is 52.6 Å². The zero-order chi connectivity index (χ0) is 15.0. The summed E-state index contributed by atoms with van der Waals surface area (Å²) in [5, 5.41) is 0. The molecule has 6 heteroatoms. The lowest BCUT2D eigenvalue weighted by Crippen LogP contribution is -2.36. The number of halogens is 2. The van der Waals surface area contributed by atoms with Crippen molar-refractivity contribution in [2.45, 2.75) is 27.7 Å². The van der Waals surface area contributed by atoms with Gasteiger partial charge in [-0.25, -0.2) is 0 Å². The number of carbonyl (C=O) groups is 2. The first-order valence-corrected chi connectivity index (χ1v) is 6.96. The van der Waals surface area contributed by atoms with E-state index in [0.717, 1.165) is 0 Å². The molecule has 0 radical (unpaired) electrons. The predicted octanol–water partition coefficient (Wildman–Crippen LogP) is 3.32. The third-order valence-electron chi connectivity index (χ3n) is 2.55. The number of allylic oxidation sites excluding steroid dienone is 1. The first-order chi connectivity index (χ1) is 8.84. The number of rotatable bonds is 7. The van der Waals surface area contributed by atoms with Gasteiger partial charge in [-0.05, 0) is 25.8 Å². The predicted molar refractivity (Wildman–Crippen MR) is 74.9 cm³/mol. The van der Waals surface area contributed by atoms with E-state index in [4.69, 9.17) is 32.7 Å². The van der Waals surface area contributed by atoms with Crippen LogP contribution in [0, 0.1) is 17.8 Å². The summed E-state index contributed by atoms with van der Waals surface area (Å²) in [5.74, 6) is -2.78. The Morgan fingerprint density at radius 2 is 1.47 bits per heavy atom. The highest BCUT2D eigenvalue weighted by atomic mass is 35.5. The van der Waals surface area contributed by atoms with E-state index >= 15 is 0 Å². The van der Waals surface area contributed by atoms with Crippen molar-refractivity contribution in [3.05, 3.63) is 10.6 Å². The van der Waals surface area contributed by atoms with E-state index in [2.05, 4.69) is 0 Å². The van der Waals surface area contributed by atoms with Gasteiger partial charge in [0.25, 0.3) is 0 Å². The molecule has 0 bridgehead atoms. The summed E-state index contributed by atoms with van der Waals surface area (Å²) in [6.07, 6.45) is 1.48. The maximum Gasteiger partial charge on any atom is 0.320 e. The molecule has 0 saturated carbocycles. The van der Waals surface area contributed by atoms with Crippen molar-refractivity contribution >= 4 is 35.1 Å². The van der Waals surface area contributed by atoms with Crippen LogP contribution in [0.25, 0.3) is 0 Å². The number of hydrogen-bond acceptors (Lipinski definition) is 4. The molecule has 0 aliphatic rings. The van der Waals surface area contributed by atoms with Crippen LogP contribution < -0.4 is 0 Å². The third-order valence-corrected chi connectivity index (χ3v) is 2.81. The molecule has 110 valence electrons. The second-order valence-electron chi connectivity index (χ2n) is 4.26. The third kappa shape index (κ3) is 6.30. The largest absolute Gasteiger partial charge is 0.465 e. The summed E-state index contributed by atoms with van der Waals surface area (Å²) >= 11 is 11.3. The van der Waals surface area contributed by atoms with Crippen molar-refractivity contribution < 1.29 is 19.1 Å². The molecule has 0 fully saturated rings. The molecule has 0 heterocycles. The van der Waals surface area contributed by atoms with Gasteiger partial charge in [-0.1, -0.05) is 37.0 Å². The van der Waals surface area contributed by atoms with E-state index in [1.165, 1.54) is 6.08 Å². The van der Waals surface area contributed by atoms with Gasteiger partial charge in [-0.15, -0.1) is 0 Å². The highest BCUT2D eigenvalue weighted by molar-refractivity contribution is 6.55. The summed E-state index contributed by atoms with van der Waals surface area (Å²) in [7, 11) is 0. The lowest BCUT2D eigenvalue weighted by atomic mass is 9.83. The Labute approximate surface area is 124 Å². The summed E-state index contributed by atoms with van der Waals surface area (Å²) in [4.78, 5) is 23.9. The second kappa shape index (κ2) is 9.21. The van der Waals surface area contributed by atoms with E-state index in [1.807, 2.05) is 13.8 Å². The van der Waals surface area contributed by atoms with E-state index in [9.17, 15) is 9.59 Å². The molecule has 0 rings (SSSR count). The minimum absolute atomic E-state index is 0.0114. The van der Waals surface area contributed by atoms with Crippen LogP contribution >= 0.6 is 23.2 Å². The van der Waals surface area contributed by atoms with Crippen LogP contribution in [0.3, 0.4) is 0 Å². The molecule has 0 aromatic rings. The van der Waals surface area contributed by atoms with Crippen molar-refractivity contribution in [3.63, 3.8) is 0 Å². The van der Waals surface area contributed by atoms with Crippen LogP contribution in [0.4, 0.5) is 0 Å². The van der Waals surface area contributed by atoms with Crippen molar-refractivity contribution in [3.8, 4) is 0 Å². The van der Waals surface area contributed by atoms with E-state index < -0.39 is 23.8 Å². The smallest absolute Gasteiger partial charge is 0.320 e. The molecule has 0 amide bonds. The molecule has 1 unspecified atom stereocenters. The SMILES string of the molecule is CCOC(=O)C(C(=O)OCC)C(C=C(Cl)Cl)C(C)C. The Morgan fingerprint density at radius 3 is 1.74 bits per heavy atom. The number of esters is 2. The summed E-state index contributed by atoms with van der Waals surface area (Å²) < 4.78 is 9.87. The normalized spacial score (nSPS) is 12.2. The zero-order valence-electron chi connectivity index (χ0n) is 11.6. The van der Waals surface area contributed by atoms with Gasteiger partial charge in [0.05, 0.1) is 13.2 Å². The quantitative estimate of drug-likeness (QED) is 0.534. The van der Waals surface area contributed by atoms with Crippen molar-refractivity contribution in [1.29, 1.82) is 0 Å². The Balaban J connectivity index is 5.33. The Kier molecular flexibility index (Phi) is 8.85. The van der Waals surface area contributed by atoms with Crippen molar-refractivity contribution in [2.75, 3.05) is 13.2 Å². The highest BCUT2D eigenvalue weighted by Gasteiger charge is 2.38. The summed E-state index contributed by atoms with van der Waals surface area (Å²) in [5.41, 5.74) is 0. The molecule has 0 saturated heterocycles. The zero-order valence-corrected chi connectivity index (χ0v) is 13.1. The molecule has 0 N–H and O–H groups in total. The van der Waals surface area contributed by atoms with Crippen LogP contribution in [0.2, 0.25) is 0 Å². The van der Waals surface area contributed by atoms with Crippen molar-refractivity contribution in [2.24, 2.45) is 17.8 Å². The van der Waals surface area contributed by atoms with Gasteiger partial charge in [0, 0.05) is 5.92 Å². The highest BCUT2D eigenvalue weighted by Crippen LogP contribution is 2.28. The van der Waals surface area contributed by atoms with Crippen LogP contribution in [0.1, 0.15) is 27.7 Å². The molecular weight excluding hydrogens is 291 g/mol. The lowest BCUT2D eigenvalue weighted by molar-refractivity contribution is -0.164. The van der Waals surface area contributed by atoms with Crippen LogP contribution in [0.5, 0.6) is 0 Å². The van der Waals surface area contributed by atoms with Gasteiger partial charge in [0.1, 0.15) is 4.49 Å². The maximum atomic E-state index is 11.9. The van der Waals surface area contributed by atoms with Gasteiger partial charge >= 0.3 is 11.9 Å². The summed E-state index contributed by atoms with van der Waals surface area (Å²) in [6, 6.07) is 0. The fraction of sp³-hybridized carbons (Fsp3) is 0.692. The monoisotopic (exact) mass is 310 g/mol. The molecule has 0 aliphatic carbocycles. The first kappa shape index (κ1) is 18.3. The number of carbonyl (C=O) groups excluding carboxylic acids is 2. The summed E-state index contributed by atoms with van der Waals surface area (Å²) in [6.45, 7) is 7.46. The standard InChI is InChI=1S/C13H20Cl2O4/c1-5-18-12(16)11(13(17)19-6-2)9(8(3)4)7-10(14)15/h7-9,11H,5-6H2,1-4H3. The molecule has 4 nitrogen and oxygen atoms in total. The molecular formula is C13H20Cl2O4. The average molecular weight is 311 g/mol. The maximum absolute atomic E-state index is 11.9. The van der Waals surface area contributed by atoms with E-state index in [-0.39, 0.29) is 23.6 Å². The van der Waals surface area contributed by atoms with E-state index in [1.54, 1.807) is 13.8 Å². The van der Waals surface area contributed by atoms with Gasteiger partial charge in [-0.3, -0.25) is 9.59 Å². The van der Waals surface area contributed by atoms with Crippen molar-refractivity contribution in [1.82, 2.24) is 0 Å². The van der Waals surface area contributed by atoms with E-state index in [0.29, 0.717) is 0 Å². The van der Waals surface area contributed by atoms with Gasteiger partial charge in [0.15, 0.2) is 5.92 Å². The molecule has 0 aromatic heterocycles. The molecule has 19 heavy (non-hydrogen) atoms. The van der Waals surface area contributed by atoms with Gasteiger partial charge in [-0.2, -0.15) is 0 Å². The fourth-order valence-electron chi connectivity index (χ4n) is 1.69. The first-order valence-electron chi connectivity index (χ1n) is 6.21. The fourth-order valence-corrected chi connectivity index (χ4v) is 1.98.